The van der Waals surface area contributed by atoms with E-state index in [0.717, 1.165) is 6.08 Å². The number of hydrogen-bond acceptors (Lipinski definition) is 7. The number of nitrogens with zero attached hydrogens (tertiary/aromatic N) is 1. The van der Waals surface area contributed by atoms with Gasteiger partial charge in [-0.2, -0.15) is 0 Å². The molecule has 0 radical (unpaired) electrons. The van der Waals surface area contributed by atoms with E-state index in [-0.39, 0.29) is 34.4 Å². The van der Waals surface area contributed by atoms with E-state index in [4.69, 9.17) is 25.8 Å². The molecule has 0 saturated heterocycles. The van der Waals surface area contributed by atoms with Crippen molar-refractivity contribution in [3.63, 3.8) is 0 Å². The number of rotatable bonds is 6. The number of nitro groups is 1. The van der Waals surface area contributed by atoms with Gasteiger partial charge in [0.05, 0.1) is 21.6 Å². The van der Waals surface area contributed by atoms with Gasteiger partial charge in [0, 0.05) is 11.6 Å². The van der Waals surface area contributed by atoms with Crippen molar-refractivity contribution in [3.05, 3.63) is 68.7 Å². The van der Waals surface area contributed by atoms with Crippen LogP contribution in [0.1, 0.15) is 15.9 Å². The van der Waals surface area contributed by atoms with E-state index in [9.17, 15) is 19.7 Å². The first-order valence-electron chi connectivity index (χ1n) is 7.66. The second-order valence-electron chi connectivity index (χ2n) is 5.37. The van der Waals surface area contributed by atoms with Crippen molar-refractivity contribution in [2.24, 2.45) is 0 Å². The second kappa shape index (κ2) is 7.88. The van der Waals surface area contributed by atoms with E-state index in [0.29, 0.717) is 5.75 Å². The summed E-state index contributed by atoms with van der Waals surface area (Å²) < 4.78 is 15.1. The zero-order valence-corrected chi connectivity index (χ0v) is 14.5. The third-order valence-electron chi connectivity index (χ3n) is 3.64. The Morgan fingerprint density at radius 2 is 1.93 bits per heavy atom. The quantitative estimate of drug-likeness (QED) is 0.245. The third-order valence-corrected chi connectivity index (χ3v) is 3.97. The molecule has 27 heavy (non-hydrogen) atoms. The zero-order chi connectivity index (χ0) is 19.4. The molecule has 0 bridgehead atoms. The monoisotopic (exact) mass is 389 g/mol. The van der Waals surface area contributed by atoms with Crippen molar-refractivity contribution in [1.29, 1.82) is 0 Å². The number of carbonyl (C=O) groups excluding carboxylic acids is 2. The van der Waals surface area contributed by atoms with Crippen LogP contribution in [0, 0.1) is 10.1 Å². The van der Waals surface area contributed by atoms with Gasteiger partial charge in [-0.3, -0.25) is 14.9 Å². The average Bonchev–Trinajstić information content (AvgIpc) is 3.11. The van der Waals surface area contributed by atoms with Gasteiger partial charge in [-0.1, -0.05) is 23.7 Å². The van der Waals surface area contributed by atoms with Gasteiger partial charge in [0.15, 0.2) is 18.1 Å². The highest BCUT2D eigenvalue weighted by molar-refractivity contribution is 6.34. The minimum absolute atomic E-state index is 0.0359. The summed E-state index contributed by atoms with van der Waals surface area (Å²) in [7, 11) is 0. The normalized spacial score (nSPS) is 12.2. The summed E-state index contributed by atoms with van der Waals surface area (Å²) in [4.78, 5) is 34.4. The molecule has 1 aliphatic heterocycles. The second-order valence-corrected chi connectivity index (χ2v) is 5.77. The fourth-order valence-electron chi connectivity index (χ4n) is 2.35. The van der Waals surface area contributed by atoms with Crippen molar-refractivity contribution < 1.29 is 28.7 Å². The van der Waals surface area contributed by atoms with Crippen LogP contribution >= 0.6 is 11.6 Å². The van der Waals surface area contributed by atoms with E-state index in [2.05, 4.69) is 0 Å². The predicted octanol–water partition coefficient (Wildman–Crippen LogP) is 3.42. The van der Waals surface area contributed by atoms with Gasteiger partial charge in [-0.15, -0.1) is 0 Å². The summed E-state index contributed by atoms with van der Waals surface area (Å²) in [5, 5.41) is 11.4. The standard InChI is InChI=1S/C18H12ClNO7/c19-13-4-2-1-3-12(13)15(21)9-25-18(22)6-5-11-7-16-17(27-10-26-16)8-14(11)20(23)24/h1-8H,9-10H2/b6-5+. The fourth-order valence-corrected chi connectivity index (χ4v) is 2.59. The first-order chi connectivity index (χ1) is 13.0. The number of nitro benzene ring substituents is 1. The summed E-state index contributed by atoms with van der Waals surface area (Å²) >= 11 is 5.91. The number of halogens is 1. The van der Waals surface area contributed by atoms with Crippen molar-refractivity contribution >= 4 is 35.1 Å². The number of ketones is 1. The van der Waals surface area contributed by atoms with Crippen molar-refractivity contribution in [1.82, 2.24) is 0 Å². The highest BCUT2D eigenvalue weighted by Gasteiger charge is 2.22. The first-order valence-corrected chi connectivity index (χ1v) is 8.04. The highest BCUT2D eigenvalue weighted by Crippen LogP contribution is 2.38. The van der Waals surface area contributed by atoms with Crippen LogP contribution in [0.4, 0.5) is 5.69 Å². The van der Waals surface area contributed by atoms with Crippen LogP contribution in [0.15, 0.2) is 42.5 Å². The molecule has 2 aromatic rings. The van der Waals surface area contributed by atoms with E-state index in [1.165, 1.54) is 24.3 Å². The van der Waals surface area contributed by atoms with Gasteiger partial charge in [-0.25, -0.2) is 4.79 Å². The minimum Gasteiger partial charge on any atom is -0.454 e. The van der Waals surface area contributed by atoms with Crippen molar-refractivity contribution in [2.75, 3.05) is 13.4 Å². The van der Waals surface area contributed by atoms with Gasteiger partial charge in [-0.05, 0) is 24.3 Å². The lowest BCUT2D eigenvalue weighted by molar-refractivity contribution is -0.385. The Balaban J connectivity index is 1.68. The molecule has 0 amide bonds. The van der Waals surface area contributed by atoms with Crippen LogP contribution in [-0.2, 0) is 9.53 Å². The number of esters is 1. The molecule has 0 N–H and O–H groups in total. The molecule has 138 valence electrons. The van der Waals surface area contributed by atoms with Gasteiger partial charge in [0.1, 0.15) is 0 Å². The molecular formula is C18H12ClNO7. The number of Topliss-reactive ketones (excluding diaryl/α,β-unsaturated/α-hetero) is 1. The summed E-state index contributed by atoms with van der Waals surface area (Å²) in [5.41, 5.74) is 0.122. The first kappa shape index (κ1) is 18.4. The smallest absolute Gasteiger partial charge is 0.331 e. The van der Waals surface area contributed by atoms with Gasteiger partial charge in [0.25, 0.3) is 5.69 Å². The van der Waals surface area contributed by atoms with Crippen molar-refractivity contribution in [2.45, 2.75) is 0 Å². The lowest BCUT2D eigenvalue weighted by Crippen LogP contribution is -2.12. The molecule has 0 spiro atoms. The summed E-state index contributed by atoms with van der Waals surface area (Å²) in [6.45, 7) is -0.540. The molecule has 0 aromatic heterocycles. The van der Waals surface area contributed by atoms with Crippen LogP contribution in [0.5, 0.6) is 11.5 Å². The molecule has 3 rings (SSSR count). The molecule has 0 saturated carbocycles. The number of ether oxygens (including phenoxy) is 3. The SMILES string of the molecule is O=C(/C=C/c1cc2c(cc1[N+](=O)[O-])OCO2)OCC(=O)c1ccccc1Cl. The molecule has 9 heteroatoms. The van der Waals surface area contributed by atoms with E-state index >= 15 is 0 Å². The lowest BCUT2D eigenvalue weighted by atomic mass is 10.1. The topological polar surface area (TPSA) is 105 Å². The van der Waals surface area contributed by atoms with Gasteiger partial charge < -0.3 is 14.2 Å². The largest absolute Gasteiger partial charge is 0.454 e. The Bertz CT molecular complexity index is 955. The molecule has 1 heterocycles. The molecule has 8 nitrogen and oxygen atoms in total. The Hall–Kier alpha value is -3.39. The van der Waals surface area contributed by atoms with E-state index < -0.39 is 23.3 Å². The Morgan fingerprint density at radius 1 is 1.22 bits per heavy atom. The maximum atomic E-state index is 12.0. The fraction of sp³-hybridized carbons (Fsp3) is 0.111. The maximum Gasteiger partial charge on any atom is 0.331 e. The zero-order valence-electron chi connectivity index (χ0n) is 13.7. The Morgan fingerprint density at radius 3 is 2.63 bits per heavy atom. The Kier molecular flexibility index (Phi) is 5.37. The summed E-state index contributed by atoms with van der Waals surface area (Å²) in [6.07, 6.45) is 2.20. The number of fused-ring (bicyclic) bond motifs is 1. The van der Waals surface area contributed by atoms with E-state index in [1.807, 2.05) is 0 Å². The maximum absolute atomic E-state index is 12.0. The predicted molar refractivity (Wildman–Crippen MR) is 95.0 cm³/mol. The number of hydrogen-bond donors (Lipinski definition) is 0. The van der Waals surface area contributed by atoms with Crippen LogP contribution in [0.25, 0.3) is 6.08 Å². The van der Waals surface area contributed by atoms with Crippen LogP contribution in [-0.4, -0.2) is 30.1 Å². The minimum atomic E-state index is -0.831. The Labute approximate surface area is 158 Å². The lowest BCUT2D eigenvalue weighted by Gasteiger charge is -2.04. The molecule has 0 unspecified atom stereocenters. The molecular weight excluding hydrogens is 378 g/mol. The van der Waals surface area contributed by atoms with Crippen LogP contribution < -0.4 is 9.47 Å². The molecule has 0 aliphatic carbocycles. The molecule has 2 aromatic carbocycles. The molecule has 0 atom stereocenters. The number of carbonyl (C=O) groups is 2. The van der Waals surface area contributed by atoms with Gasteiger partial charge >= 0.3 is 5.97 Å². The molecule has 1 aliphatic rings. The van der Waals surface area contributed by atoms with E-state index in [1.54, 1.807) is 18.2 Å². The molecule has 0 fully saturated rings. The highest BCUT2D eigenvalue weighted by atomic mass is 35.5. The summed E-state index contributed by atoms with van der Waals surface area (Å²) in [5.74, 6) is -0.701. The van der Waals surface area contributed by atoms with Crippen LogP contribution in [0.2, 0.25) is 5.02 Å². The van der Waals surface area contributed by atoms with Crippen molar-refractivity contribution in [3.8, 4) is 11.5 Å². The number of benzene rings is 2. The third kappa shape index (κ3) is 4.24. The average molecular weight is 390 g/mol. The summed E-state index contributed by atoms with van der Waals surface area (Å²) in [6, 6.07) is 8.98. The van der Waals surface area contributed by atoms with Gasteiger partial charge in [0.2, 0.25) is 12.6 Å². The van der Waals surface area contributed by atoms with Crippen LogP contribution in [0.3, 0.4) is 0 Å².